The first-order valence-electron chi connectivity index (χ1n) is 5.56. The summed E-state index contributed by atoms with van der Waals surface area (Å²) in [7, 11) is 1.42. The van der Waals surface area contributed by atoms with Gasteiger partial charge in [-0.3, -0.25) is 4.79 Å². The zero-order valence-corrected chi connectivity index (χ0v) is 9.90. The monoisotopic (exact) mass is 221 g/mol. The molecular weight excluding hydrogens is 202 g/mol. The van der Waals surface area contributed by atoms with Crippen LogP contribution in [-0.2, 0) is 16.0 Å². The van der Waals surface area contributed by atoms with Crippen LogP contribution in [0.5, 0.6) is 0 Å². The zero-order chi connectivity index (χ0) is 11.8. The summed E-state index contributed by atoms with van der Waals surface area (Å²) in [6, 6.07) is 10.5. The maximum Gasteiger partial charge on any atom is 0.307 e. The molecule has 88 valence electrons. The summed E-state index contributed by atoms with van der Waals surface area (Å²) in [5, 5.41) is 3.30. The van der Waals surface area contributed by atoms with Crippen molar-refractivity contribution in [3.8, 4) is 0 Å². The third-order valence-corrected chi connectivity index (χ3v) is 2.45. The van der Waals surface area contributed by atoms with E-state index >= 15 is 0 Å². The molecule has 0 aliphatic carbocycles. The van der Waals surface area contributed by atoms with Crippen LogP contribution < -0.4 is 5.32 Å². The number of ether oxygens (including phenoxy) is 1. The van der Waals surface area contributed by atoms with Gasteiger partial charge in [0.15, 0.2) is 0 Å². The molecule has 0 aliphatic rings. The second kappa shape index (κ2) is 7.01. The van der Waals surface area contributed by atoms with Gasteiger partial charge in [-0.25, -0.2) is 0 Å². The number of carbonyl (C=O) groups is 1. The van der Waals surface area contributed by atoms with E-state index in [9.17, 15) is 4.79 Å². The van der Waals surface area contributed by atoms with Crippen molar-refractivity contribution in [2.45, 2.75) is 25.8 Å². The Bertz CT molecular complexity index is 311. The molecule has 1 aromatic carbocycles. The van der Waals surface area contributed by atoms with E-state index in [2.05, 4.69) is 22.2 Å². The van der Waals surface area contributed by atoms with Gasteiger partial charge < -0.3 is 10.1 Å². The Hall–Kier alpha value is -1.35. The van der Waals surface area contributed by atoms with Crippen molar-refractivity contribution in [3.63, 3.8) is 0 Å². The molecular formula is C13H19NO2. The van der Waals surface area contributed by atoms with Gasteiger partial charge in [-0.15, -0.1) is 0 Å². The summed E-state index contributed by atoms with van der Waals surface area (Å²) in [5.41, 5.74) is 1.31. The van der Waals surface area contributed by atoms with Gasteiger partial charge in [0.05, 0.1) is 13.5 Å². The average Bonchev–Trinajstić information content (AvgIpc) is 2.30. The van der Waals surface area contributed by atoms with Crippen LogP contribution in [-0.4, -0.2) is 25.7 Å². The molecule has 0 amide bonds. The highest BCUT2D eigenvalue weighted by Crippen LogP contribution is 1.99. The third-order valence-electron chi connectivity index (χ3n) is 2.45. The van der Waals surface area contributed by atoms with E-state index in [0.717, 1.165) is 13.0 Å². The molecule has 1 unspecified atom stereocenters. The summed E-state index contributed by atoms with van der Waals surface area (Å²) >= 11 is 0. The van der Waals surface area contributed by atoms with E-state index < -0.39 is 0 Å². The first kappa shape index (κ1) is 12.7. The summed E-state index contributed by atoms with van der Waals surface area (Å²) < 4.78 is 4.61. The number of carbonyl (C=O) groups excluding carboxylic acids is 1. The minimum absolute atomic E-state index is 0.163. The average molecular weight is 221 g/mol. The van der Waals surface area contributed by atoms with Crippen LogP contribution in [0.4, 0.5) is 0 Å². The number of hydrogen-bond acceptors (Lipinski definition) is 3. The van der Waals surface area contributed by atoms with Crippen molar-refractivity contribution in [2.24, 2.45) is 0 Å². The summed E-state index contributed by atoms with van der Waals surface area (Å²) in [5.74, 6) is -0.167. The summed E-state index contributed by atoms with van der Waals surface area (Å²) in [4.78, 5) is 11.0. The first-order valence-corrected chi connectivity index (χ1v) is 5.56. The summed E-state index contributed by atoms with van der Waals surface area (Å²) in [6.45, 7) is 2.87. The van der Waals surface area contributed by atoms with E-state index in [1.54, 1.807) is 0 Å². The fourth-order valence-electron chi connectivity index (χ4n) is 1.51. The number of rotatable bonds is 6. The predicted molar refractivity (Wildman–Crippen MR) is 64.2 cm³/mol. The molecule has 1 N–H and O–H groups in total. The second-order valence-electron chi connectivity index (χ2n) is 3.87. The normalized spacial score (nSPS) is 12.1. The first-order chi connectivity index (χ1) is 7.72. The Balaban J connectivity index is 2.18. The predicted octanol–water partition coefficient (Wildman–Crippen LogP) is 1.77. The highest BCUT2D eigenvalue weighted by Gasteiger charge is 2.07. The Morgan fingerprint density at radius 3 is 2.69 bits per heavy atom. The lowest BCUT2D eigenvalue weighted by Crippen LogP contribution is -2.30. The van der Waals surface area contributed by atoms with Gasteiger partial charge in [0, 0.05) is 6.04 Å². The van der Waals surface area contributed by atoms with Crippen LogP contribution in [0.25, 0.3) is 0 Å². The van der Waals surface area contributed by atoms with Crippen molar-refractivity contribution in [1.29, 1.82) is 0 Å². The highest BCUT2D eigenvalue weighted by molar-refractivity contribution is 5.69. The quantitative estimate of drug-likeness (QED) is 0.744. The van der Waals surface area contributed by atoms with Gasteiger partial charge in [-0.2, -0.15) is 0 Å². The van der Waals surface area contributed by atoms with Gasteiger partial charge in [0.25, 0.3) is 0 Å². The molecule has 0 saturated heterocycles. The van der Waals surface area contributed by atoms with Crippen LogP contribution in [0.1, 0.15) is 18.9 Å². The maximum absolute atomic E-state index is 11.0. The van der Waals surface area contributed by atoms with Gasteiger partial charge >= 0.3 is 5.97 Å². The molecule has 1 atom stereocenters. The molecule has 0 radical (unpaired) electrons. The van der Waals surface area contributed by atoms with Crippen LogP contribution in [0.2, 0.25) is 0 Å². The van der Waals surface area contributed by atoms with E-state index in [0.29, 0.717) is 6.42 Å². The Morgan fingerprint density at radius 1 is 1.38 bits per heavy atom. The second-order valence-corrected chi connectivity index (χ2v) is 3.87. The minimum atomic E-state index is -0.167. The zero-order valence-electron chi connectivity index (χ0n) is 9.90. The third kappa shape index (κ3) is 4.94. The molecule has 0 fully saturated rings. The van der Waals surface area contributed by atoms with Crippen molar-refractivity contribution in [1.82, 2.24) is 5.32 Å². The Labute approximate surface area is 96.8 Å². The standard InChI is InChI=1S/C13H19NO2/c1-11(10-13(15)16-2)14-9-8-12-6-4-3-5-7-12/h3-7,11,14H,8-10H2,1-2H3. The van der Waals surface area contributed by atoms with Gasteiger partial charge in [0.1, 0.15) is 0 Å². The molecule has 0 spiro atoms. The number of hydrogen-bond donors (Lipinski definition) is 1. The highest BCUT2D eigenvalue weighted by atomic mass is 16.5. The van der Waals surface area contributed by atoms with Gasteiger partial charge in [0.2, 0.25) is 0 Å². The van der Waals surface area contributed by atoms with E-state index in [4.69, 9.17) is 0 Å². The van der Waals surface area contributed by atoms with Crippen LogP contribution in [0, 0.1) is 0 Å². The van der Waals surface area contributed by atoms with E-state index in [1.165, 1.54) is 12.7 Å². The lowest BCUT2D eigenvalue weighted by molar-refractivity contribution is -0.141. The fourth-order valence-corrected chi connectivity index (χ4v) is 1.51. The smallest absolute Gasteiger partial charge is 0.307 e. The summed E-state index contributed by atoms with van der Waals surface area (Å²) in [6.07, 6.45) is 1.40. The molecule has 16 heavy (non-hydrogen) atoms. The molecule has 1 aromatic rings. The van der Waals surface area contributed by atoms with E-state index in [1.807, 2.05) is 25.1 Å². The number of methoxy groups -OCH3 is 1. The molecule has 3 nitrogen and oxygen atoms in total. The Morgan fingerprint density at radius 2 is 2.06 bits per heavy atom. The molecule has 0 heterocycles. The number of esters is 1. The van der Waals surface area contributed by atoms with Crippen molar-refractivity contribution >= 4 is 5.97 Å². The van der Waals surface area contributed by atoms with Crippen molar-refractivity contribution < 1.29 is 9.53 Å². The lowest BCUT2D eigenvalue weighted by Gasteiger charge is -2.12. The van der Waals surface area contributed by atoms with E-state index in [-0.39, 0.29) is 12.0 Å². The number of nitrogens with one attached hydrogen (secondary N) is 1. The van der Waals surface area contributed by atoms with Crippen molar-refractivity contribution in [3.05, 3.63) is 35.9 Å². The largest absolute Gasteiger partial charge is 0.469 e. The minimum Gasteiger partial charge on any atom is -0.469 e. The molecule has 0 aromatic heterocycles. The van der Waals surface area contributed by atoms with Crippen LogP contribution in [0.15, 0.2) is 30.3 Å². The molecule has 0 saturated carbocycles. The maximum atomic E-state index is 11.0. The number of benzene rings is 1. The lowest BCUT2D eigenvalue weighted by atomic mass is 10.1. The molecule has 3 heteroatoms. The molecule has 0 bridgehead atoms. The fraction of sp³-hybridized carbons (Fsp3) is 0.462. The van der Waals surface area contributed by atoms with Crippen LogP contribution >= 0.6 is 0 Å². The van der Waals surface area contributed by atoms with Gasteiger partial charge in [-0.05, 0) is 25.5 Å². The molecule has 0 aliphatic heterocycles. The molecule has 1 rings (SSSR count). The van der Waals surface area contributed by atoms with Crippen molar-refractivity contribution in [2.75, 3.05) is 13.7 Å². The topological polar surface area (TPSA) is 38.3 Å². The van der Waals surface area contributed by atoms with Crippen LogP contribution in [0.3, 0.4) is 0 Å². The SMILES string of the molecule is COC(=O)CC(C)NCCc1ccccc1. The van der Waals surface area contributed by atoms with Gasteiger partial charge in [-0.1, -0.05) is 30.3 Å². The Kier molecular flexibility index (Phi) is 5.57.